The number of hydrogen-bond donors (Lipinski definition) is 1. The number of aromatic nitrogens is 2. The van der Waals surface area contributed by atoms with E-state index >= 15 is 0 Å². The lowest BCUT2D eigenvalue weighted by Crippen LogP contribution is -2.36. The molecule has 1 saturated heterocycles. The molecule has 1 unspecified atom stereocenters. The van der Waals surface area contributed by atoms with Crippen LogP contribution in [0.25, 0.3) is 0 Å². The van der Waals surface area contributed by atoms with Crippen LogP contribution in [0.5, 0.6) is 0 Å². The molecular weight excluding hydrogens is 230 g/mol. The van der Waals surface area contributed by atoms with Gasteiger partial charge in [-0.2, -0.15) is 5.10 Å². The normalized spacial score (nSPS) is 19.8. The Bertz CT molecular complexity index is 405. The Morgan fingerprint density at radius 1 is 1.50 bits per heavy atom. The molecule has 0 bridgehead atoms. The molecule has 0 aliphatic carbocycles. The van der Waals surface area contributed by atoms with E-state index in [1.165, 1.54) is 0 Å². The Labute approximate surface area is 107 Å². The first-order chi connectivity index (χ1) is 8.65. The number of aliphatic carboxylic acids is 1. The summed E-state index contributed by atoms with van der Waals surface area (Å²) in [7, 11) is 0. The first-order valence-electron chi connectivity index (χ1n) is 6.42. The molecule has 98 valence electrons. The van der Waals surface area contributed by atoms with E-state index in [1.54, 1.807) is 0 Å². The highest BCUT2D eigenvalue weighted by Gasteiger charge is 2.21. The van der Waals surface area contributed by atoms with Gasteiger partial charge >= 0.3 is 5.97 Å². The number of carboxylic acids is 1. The Hall–Kier alpha value is -1.65. The number of anilines is 1. The van der Waals surface area contributed by atoms with Gasteiger partial charge in [0.05, 0.1) is 5.69 Å². The zero-order valence-electron chi connectivity index (χ0n) is 10.7. The maximum atomic E-state index is 10.6. The van der Waals surface area contributed by atoms with Crippen molar-refractivity contribution in [2.75, 3.05) is 18.0 Å². The van der Waals surface area contributed by atoms with Gasteiger partial charge in [-0.3, -0.25) is 4.79 Å². The van der Waals surface area contributed by atoms with Crippen LogP contribution in [0.4, 0.5) is 5.82 Å². The van der Waals surface area contributed by atoms with Crippen molar-refractivity contribution in [1.29, 1.82) is 0 Å². The second-order valence-corrected chi connectivity index (χ2v) is 4.92. The smallest absolute Gasteiger partial charge is 0.303 e. The van der Waals surface area contributed by atoms with Crippen molar-refractivity contribution in [1.82, 2.24) is 10.2 Å². The van der Waals surface area contributed by atoms with E-state index < -0.39 is 5.97 Å². The molecule has 0 radical (unpaired) electrons. The molecule has 1 fully saturated rings. The van der Waals surface area contributed by atoms with Crippen LogP contribution in [0.15, 0.2) is 12.1 Å². The van der Waals surface area contributed by atoms with Crippen molar-refractivity contribution in [2.45, 2.75) is 32.6 Å². The number of carbonyl (C=O) groups is 1. The predicted molar refractivity (Wildman–Crippen MR) is 68.6 cm³/mol. The fourth-order valence-corrected chi connectivity index (χ4v) is 2.40. The minimum Gasteiger partial charge on any atom is -0.481 e. The number of carboxylic acid groups (broad SMARTS) is 1. The molecule has 18 heavy (non-hydrogen) atoms. The summed E-state index contributed by atoms with van der Waals surface area (Å²) in [6.45, 7) is 3.80. The quantitative estimate of drug-likeness (QED) is 0.882. The van der Waals surface area contributed by atoms with Crippen molar-refractivity contribution < 1.29 is 9.90 Å². The zero-order chi connectivity index (χ0) is 13.0. The van der Waals surface area contributed by atoms with E-state index in [9.17, 15) is 4.79 Å². The molecule has 0 spiro atoms. The van der Waals surface area contributed by atoms with Crippen molar-refractivity contribution in [2.24, 2.45) is 5.92 Å². The summed E-state index contributed by atoms with van der Waals surface area (Å²) < 4.78 is 0. The fraction of sp³-hybridized carbons (Fsp3) is 0.615. The molecule has 1 aromatic rings. The van der Waals surface area contributed by atoms with Gasteiger partial charge in [0.15, 0.2) is 5.82 Å². The third kappa shape index (κ3) is 3.42. The standard InChI is InChI=1S/C13H19N3O2/c1-10-4-6-12(15-14-10)16-8-2-3-11(9-16)5-7-13(17)18/h4,6,11H,2-3,5,7-9H2,1H3,(H,17,18). The van der Waals surface area contributed by atoms with Gasteiger partial charge in [0.25, 0.3) is 0 Å². The maximum Gasteiger partial charge on any atom is 0.303 e. The molecule has 2 heterocycles. The van der Waals surface area contributed by atoms with Gasteiger partial charge in [-0.05, 0) is 44.2 Å². The summed E-state index contributed by atoms with van der Waals surface area (Å²) in [5.41, 5.74) is 0.915. The summed E-state index contributed by atoms with van der Waals surface area (Å²) in [4.78, 5) is 12.8. The molecule has 1 aromatic heterocycles. The van der Waals surface area contributed by atoms with E-state index in [-0.39, 0.29) is 6.42 Å². The average molecular weight is 249 g/mol. The maximum absolute atomic E-state index is 10.6. The van der Waals surface area contributed by atoms with E-state index in [0.29, 0.717) is 5.92 Å². The highest BCUT2D eigenvalue weighted by Crippen LogP contribution is 2.24. The third-order valence-corrected chi connectivity index (χ3v) is 3.39. The van der Waals surface area contributed by atoms with Crippen LogP contribution < -0.4 is 4.90 Å². The Morgan fingerprint density at radius 2 is 2.33 bits per heavy atom. The van der Waals surface area contributed by atoms with Gasteiger partial charge in [0.2, 0.25) is 0 Å². The van der Waals surface area contributed by atoms with E-state index in [4.69, 9.17) is 5.11 Å². The Kier molecular flexibility index (Phi) is 4.12. The van der Waals surface area contributed by atoms with E-state index in [1.807, 2.05) is 19.1 Å². The van der Waals surface area contributed by atoms with E-state index in [0.717, 1.165) is 43.9 Å². The molecule has 5 nitrogen and oxygen atoms in total. The van der Waals surface area contributed by atoms with Crippen LogP contribution in [-0.2, 0) is 4.79 Å². The molecule has 0 aromatic carbocycles. The minimum absolute atomic E-state index is 0.262. The van der Waals surface area contributed by atoms with Crippen LogP contribution in [0.1, 0.15) is 31.4 Å². The highest BCUT2D eigenvalue weighted by molar-refractivity contribution is 5.66. The van der Waals surface area contributed by atoms with Gasteiger partial charge in [0, 0.05) is 19.5 Å². The summed E-state index contributed by atoms with van der Waals surface area (Å²) in [5.74, 6) is 0.654. The minimum atomic E-state index is -0.706. The Morgan fingerprint density at radius 3 is 3.00 bits per heavy atom. The van der Waals surface area contributed by atoms with Gasteiger partial charge in [-0.25, -0.2) is 0 Å². The largest absolute Gasteiger partial charge is 0.481 e. The zero-order valence-corrected chi connectivity index (χ0v) is 10.7. The van der Waals surface area contributed by atoms with Crippen LogP contribution in [0.2, 0.25) is 0 Å². The number of aryl methyl sites for hydroxylation is 1. The number of hydrogen-bond acceptors (Lipinski definition) is 4. The molecule has 0 saturated carbocycles. The molecular formula is C13H19N3O2. The van der Waals surface area contributed by atoms with Gasteiger partial charge < -0.3 is 10.0 Å². The van der Waals surface area contributed by atoms with Crippen molar-refractivity contribution in [3.63, 3.8) is 0 Å². The van der Waals surface area contributed by atoms with Crippen molar-refractivity contribution in [3.05, 3.63) is 17.8 Å². The SMILES string of the molecule is Cc1ccc(N2CCCC(CCC(=O)O)C2)nn1. The molecule has 0 amide bonds. The van der Waals surface area contributed by atoms with Crippen LogP contribution in [0, 0.1) is 12.8 Å². The summed E-state index contributed by atoms with van der Waals surface area (Å²) >= 11 is 0. The lowest BCUT2D eigenvalue weighted by atomic mass is 9.93. The second kappa shape index (κ2) is 5.80. The first-order valence-corrected chi connectivity index (χ1v) is 6.42. The van der Waals surface area contributed by atoms with Gasteiger partial charge in [-0.15, -0.1) is 5.10 Å². The monoisotopic (exact) mass is 249 g/mol. The molecule has 1 aliphatic rings. The van der Waals surface area contributed by atoms with Gasteiger partial charge in [0.1, 0.15) is 0 Å². The molecule has 1 atom stereocenters. The summed E-state index contributed by atoms with van der Waals surface area (Å²) in [6, 6.07) is 3.95. The number of nitrogens with zero attached hydrogens (tertiary/aromatic N) is 3. The molecule has 5 heteroatoms. The van der Waals surface area contributed by atoms with Gasteiger partial charge in [-0.1, -0.05) is 0 Å². The summed E-state index contributed by atoms with van der Waals surface area (Å²) in [5, 5.41) is 17.0. The molecule has 1 N–H and O–H groups in total. The Balaban J connectivity index is 1.93. The van der Waals surface area contributed by atoms with Crippen LogP contribution in [-0.4, -0.2) is 34.4 Å². The topological polar surface area (TPSA) is 66.3 Å². The van der Waals surface area contributed by atoms with Crippen molar-refractivity contribution >= 4 is 11.8 Å². The first kappa shape index (κ1) is 12.8. The van der Waals surface area contributed by atoms with Crippen molar-refractivity contribution in [3.8, 4) is 0 Å². The highest BCUT2D eigenvalue weighted by atomic mass is 16.4. The lowest BCUT2D eigenvalue weighted by molar-refractivity contribution is -0.137. The third-order valence-electron chi connectivity index (χ3n) is 3.39. The lowest BCUT2D eigenvalue weighted by Gasteiger charge is -2.33. The summed E-state index contributed by atoms with van der Waals surface area (Å²) in [6.07, 6.45) is 3.23. The van der Waals surface area contributed by atoms with Crippen LogP contribution in [0.3, 0.4) is 0 Å². The number of rotatable bonds is 4. The molecule has 2 rings (SSSR count). The fourth-order valence-electron chi connectivity index (χ4n) is 2.40. The molecule has 1 aliphatic heterocycles. The predicted octanol–water partition coefficient (Wildman–Crippen LogP) is 1.87. The van der Waals surface area contributed by atoms with Crippen LogP contribution >= 0.6 is 0 Å². The van der Waals surface area contributed by atoms with E-state index in [2.05, 4.69) is 15.1 Å². The second-order valence-electron chi connectivity index (χ2n) is 4.92. The number of piperidine rings is 1. The average Bonchev–Trinajstić information content (AvgIpc) is 2.37.